The van der Waals surface area contributed by atoms with Crippen molar-refractivity contribution < 1.29 is 17.3 Å². The van der Waals surface area contributed by atoms with E-state index in [9.17, 15) is 8.42 Å². The average Bonchev–Trinajstić information content (AvgIpc) is 2.70. The largest absolute Gasteiger partial charge is 0.490 e. The van der Waals surface area contributed by atoms with Crippen LogP contribution >= 0.6 is 22.6 Å². The van der Waals surface area contributed by atoms with Crippen LogP contribution in [-0.2, 0) is 10.1 Å². The fourth-order valence-electron chi connectivity index (χ4n) is 2.96. The Morgan fingerprint density at radius 3 is 2.29 bits per heavy atom. The molecule has 0 unspecified atom stereocenters. The first-order chi connectivity index (χ1) is 14.7. The van der Waals surface area contributed by atoms with Gasteiger partial charge in [0.25, 0.3) is 0 Å². The number of hydrogen-bond acceptors (Lipinski definition) is 5. The van der Waals surface area contributed by atoms with Crippen molar-refractivity contribution in [3.63, 3.8) is 0 Å². The summed E-state index contributed by atoms with van der Waals surface area (Å²) in [6.07, 6.45) is 1.74. The zero-order valence-electron chi connectivity index (χ0n) is 17.8. The molecule has 0 radical (unpaired) electrons. The molecule has 3 rings (SSSR count). The van der Waals surface area contributed by atoms with Gasteiger partial charge in [-0.3, -0.25) is 4.99 Å². The Balaban J connectivity index is 1.95. The highest BCUT2D eigenvalue weighted by molar-refractivity contribution is 14.1. The summed E-state index contributed by atoms with van der Waals surface area (Å²) in [5.74, 6) is 0.527. The summed E-state index contributed by atoms with van der Waals surface area (Å²) in [5.41, 5.74) is 4.89. The minimum absolute atomic E-state index is 0.0943. The first kappa shape index (κ1) is 23.3. The highest BCUT2D eigenvalue weighted by Crippen LogP contribution is 2.36. The van der Waals surface area contributed by atoms with Gasteiger partial charge < -0.3 is 8.92 Å². The maximum Gasteiger partial charge on any atom is 0.339 e. The third-order valence-corrected chi connectivity index (χ3v) is 6.58. The number of hydrogen-bond donors (Lipinski definition) is 0. The Morgan fingerprint density at radius 2 is 1.65 bits per heavy atom. The fourth-order valence-corrected chi connectivity index (χ4v) is 4.81. The smallest absolute Gasteiger partial charge is 0.339 e. The van der Waals surface area contributed by atoms with Gasteiger partial charge in [0, 0.05) is 6.21 Å². The van der Waals surface area contributed by atoms with Crippen molar-refractivity contribution in [2.24, 2.45) is 4.99 Å². The van der Waals surface area contributed by atoms with E-state index >= 15 is 0 Å². The van der Waals surface area contributed by atoms with Gasteiger partial charge in [0.15, 0.2) is 11.5 Å². The second kappa shape index (κ2) is 9.82. The van der Waals surface area contributed by atoms with Crippen LogP contribution in [0.2, 0.25) is 0 Å². The molecule has 0 atom stereocenters. The molecule has 0 spiro atoms. The van der Waals surface area contributed by atoms with Gasteiger partial charge in [-0.1, -0.05) is 35.4 Å². The summed E-state index contributed by atoms with van der Waals surface area (Å²) in [6, 6.07) is 16.1. The second-order valence-electron chi connectivity index (χ2n) is 7.16. The Hall–Kier alpha value is -2.39. The van der Waals surface area contributed by atoms with Crippen molar-refractivity contribution in [1.82, 2.24) is 0 Å². The van der Waals surface area contributed by atoms with Crippen LogP contribution in [0.5, 0.6) is 11.5 Å². The van der Waals surface area contributed by atoms with Crippen molar-refractivity contribution >= 4 is 44.6 Å². The maximum absolute atomic E-state index is 12.8. The van der Waals surface area contributed by atoms with Crippen LogP contribution in [0.15, 0.2) is 64.5 Å². The van der Waals surface area contributed by atoms with E-state index in [1.165, 1.54) is 17.7 Å². The second-order valence-corrected chi connectivity index (χ2v) is 9.87. The third-order valence-electron chi connectivity index (χ3n) is 4.54. The molecule has 0 aliphatic rings. The Labute approximate surface area is 197 Å². The SMILES string of the molecule is CCOc1cc(C=Nc2ccc(C)cc2C)cc(I)c1OS(=O)(=O)c1ccc(C)cc1. The molecule has 7 heteroatoms. The molecule has 162 valence electrons. The lowest BCUT2D eigenvalue weighted by molar-refractivity contribution is 0.327. The lowest BCUT2D eigenvalue weighted by Gasteiger charge is -2.14. The van der Waals surface area contributed by atoms with Crippen molar-refractivity contribution in [3.05, 3.63) is 80.4 Å². The van der Waals surface area contributed by atoms with Gasteiger partial charge in [0.05, 0.1) is 15.9 Å². The molecule has 0 bridgehead atoms. The zero-order valence-corrected chi connectivity index (χ0v) is 20.8. The monoisotopic (exact) mass is 549 g/mol. The molecule has 0 aromatic heterocycles. The van der Waals surface area contributed by atoms with Crippen molar-refractivity contribution in [2.75, 3.05) is 6.61 Å². The molecule has 0 saturated heterocycles. The number of nitrogens with zero attached hydrogens (tertiary/aromatic N) is 1. The van der Waals surface area contributed by atoms with Gasteiger partial charge >= 0.3 is 10.1 Å². The summed E-state index contributed by atoms with van der Waals surface area (Å²) >= 11 is 2.05. The standard InChI is InChI=1S/C24H24INO4S/c1-5-29-23-14-19(15-26-22-11-8-17(3)12-18(22)4)13-21(25)24(23)30-31(27,28)20-9-6-16(2)7-10-20/h6-15H,5H2,1-4H3. The molecule has 3 aromatic rings. The van der Waals surface area contributed by atoms with E-state index in [2.05, 4.69) is 33.6 Å². The molecule has 31 heavy (non-hydrogen) atoms. The molecule has 3 aromatic carbocycles. The molecule has 5 nitrogen and oxygen atoms in total. The summed E-state index contributed by atoms with van der Waals surface area (Å²) < 4.78 is 37.3. The minimum atomic E-state index is -3.99. The van der Waals surface area contributed by atoms with E-state index in [1.54, 1.807) is 24.4 Å². The van der Waals surface area contributed by atoms with Gasteiger partial charge in [-0.05, 0) is 91.7 Å². The Bertz CT molecular complexity index is 1220. The number of rotatable bonds is 7. The lowest BCUT2D eigenvalue weighted by atomic mass is 10.1. The van der Waals surface area contributed by atoms with Crippen LogP contribution in [-0.4, -0.2) is 21.2 Å². The van der Waals surface area contributed by atoms with Crippen LogP contribution in [0.4, 0.5) is 5.69 Å². The minimum Gasteiger partial charge on any atom is -0.490 e. The van der Waals surface area contributed by atoms with Crippen LogP contribution in [0.25, 0.3) is 0 Å². The van der Waals surface area contributed by atoms with E-state index in [0.29, 0.717) is 15.9 Å². The van der Waals surface area contributed by atoms with Crippen LogP contribution in [0.1, 0.15) is 29.2 Å². The first-order valence-corrected chi connectivity index (χ1v) is 12.3. The topological polar surface area (TPSA) is 65.0 Å². The molecular formula is C24H24INO4S. The molecule has 0 N–H and O–H groups in total. The van der Waals surface area contributed by atoms with Gasteiger partial charge in [-0.25, -0.2) is 0 Å². The molecular weight excluding hydrogens is 525 g/mol. The number of benzene rings is 3. The summed E-state index contributed by atoms with van der Waals surface area (Å²) in [6.45, 7) is 8.16. The number of aliphatic imine (C=N–C) groups is 1. The van der Waals surface area contributed by atoms with E-state index in [-0.39, 0.29) is 10.6 Å². The average molecular weight is 549 g/mol. The normalized spacial score (nSPS) is 11.6. The quantitative estimate of drug-likeness (QED) is 0.202. The highest BCUT2D eigenvalue weighted by Gasteiger charge is 2.22. The van der Waals surface area contributed by atoms with E-state index in [4.69, 9.17) is 8.92 Å². The summed E-state index contributed by atoms with van der Waals surface area (Å²) in [5, 5.41) is 0. The van der Waals surface area contributed by atoms with Crippen molar-refractivity contribution in [3.8, 4) is 11.5 Å². The van der Waals surface area contributed by atoms with Crippen LogP contribution in [0.3, 0.4) is 0 Å². The van der Waals surface area contributed by atoms with E-state index in [1.807, 2.05) is 45.9 Å². The van der Waals surface area contributed by atoms with E-state index < -0.39 is 10.1 Å². The Morgan fingerprint density at radius 1 is 0.968 bits per heavy atom. The predicted octanol–water partition coefficient (Wildman–Crippen LogP) is 6.13. The van der Waals surface area contributed by atoms with Crippen LogP contribution < -0.4 is 8.92 Å². The lowest BCUT2D eigenvalue weighted by Crippen LogP contribution is -2.12. The third kappa shape index (κ3) is 5.86. The Kier molecular flexibility index (Phi) is 7.38. The highest BCUT2D eigenvalue weighted by atomic mass is 127. The number of ether oxygens (including phenoxy) is 1. The fraction of sp³-hybridized carbons (Fsp3) is 0.208. The van der Waals surface area contributed by atoms with Gasteiger partial charge in [0.2, 0.25) is 0 Å². The van der Waals surface area contributed by atoms with Crippen LogP contribution in [0, 0.1) is 24.3 Å². The molecule has 0 heterocycles. The maximum atomic E-state index is 12.8. The number of aryl methyl sites for hydroxylation is 3. The number of halogens is 1. The summed E-state index contributed by atoms with van der Waals surface area (Å²) in [7, 11) is -3.99. The molecule has 0 aliphatic heterocycles. The van der Waals surface area contributed by atoms with E-state index in [0.717, 1.165) is 22.4 Å². The molecule has 0 fully saturated rings. The molecule has 0 amide bonds. The van der Waals surface area contributed by atoms with Crippen molar-refractivity contribution in [2.45, 2.75) is 32.6 Å². The van der Waals surface area contributed by atoms with Gasteiger partial charge in [0.1, 0.15) is 4.90 Å². The van der Waals surface area contributed by atoms with Gasteiger partial charge in [-0.15, -0.1) is 0 Å². The first-order valence-electron chi connectivity index (χ1n) is 9.78. The zero-order chi connectivity index (χ0) is 22.6. The molecule has 0 saturated carbocycles. The predicted molar refractivity (Wildman–Crippen MR) is 132 cm³/mol. The van der Waals surface area contributed by atoms with Gasteiger partial charge in [-0.2, -0.15) is 8.42 Å². The summed E-state index contributed by atoms with van der Waals surface area (Å²) in [4.78, 5) is 4.67. The molecule has 0 aliphatic carbocycles. The van der Waals surface area contributed by atoms with Crippen molar-refractivity contribution in [1.29, 1.82) is 0 Å².